The summed E-state index contributed by atoms with van der Waals surface area (Å²) < 4.78 is 10.3. The first-order valence-corrected chi connectivity index (χ1v) is 6.28. The predicted octanol–water partition coefficient (Wildman–Crippen LogP) is 1.38. The second-order valence-corrected chi connectivity index (χ2v) is 4.36. The van der Waals surface area contributed by atoms with Crippen molar-refractivity contribution in [1.29, 1.82) is 5.41 Å². The number of benzene rings is 1. The minimum atomic E-state index is 0.0820. The average Bonchev–Trinajstić information content (AvgIpc) is 2.39. The number of hydrogen-bond donors (Lipinski definition) is 2. The van der Waals surface area contributed by atoms with Gasteiger partial charge in [-0.3, -0.25) is 5.41 Å². The highest BCUT2D eigenvalue weighted by Crippen LogP contribution is 2.24. The maximum absolute atomic E-state index is 7.71. The predicted molar refractivity (Wildman–Crippen MR) is 78.2 cm³/mol. The Kier molecular flexibility index (Phi) is 6.32. The molecule has 0 fully saturated rings. The molecule has 0 saturated heterocycles. The number of aryl methyl sites for hydroxylation is 1. The number of anilines is 1. The zero-order chi connectivity index (χ0) is 14.3. The molecule has 19 heavy (non-hydrogen) atoms. The van der Waals surface area contributed by atoms with Gasteiger partial charge in [-0.15, -0.1) is 0 Å². The maximum Gasteiger partial charge on any atom is 0.124 e. The fraction of sp³-hybridized carbons (Fsp3) is 0.500. The second-order valence-electron chi connectivity index (χ2n) is 4.36. The van der Waals surface area contributed by atoms with E-state index in [1.165, 1.54) is 0 Å². The largest absolute Gasteiger partial charge is 0.384 e. The summed E-state index contributed by atoms with van der Waals surface area (Å²) in [7, 11) is 3.36. The van der Waals surface area contributed by atoms with Crippen LogP contribution in [-0.4, -0.2) is 46.4 Å². The highest BCUT2D eigenvalue weighted by atomic mass is 16.5. The van der Waals surface area contributed by atoms with Crippen molar-refractivity contribution in [1.82, 2.24) is 0 Å². The molecule has 0 spiro atoms. The maximum atomic E-state index is 7.71. The highest BCUT2D eigenvalue weighted by Gasteiger charge is 2.15. The minimum absolute atomic E-state index is 0.0820. The lowest BCUT2D eigenvalue weighted by atomic mass is 10.1. The minimum Gasteiger partial charge on any atom is -0.384 e. The first-order valence-electron chi connectivity index (χ1n) is 6.28. The summed E-state index contributed by atoms with van der Waals surface area (Å²) in [4.78, 5) is 2.15. The number of rotatable bonds is 8. The summed E-state index contributed by atoms with van der Waals surface area (Å²) in [5.41, 5.74) is 8.52. The van der Waals surface area contributed by atoms with Gasteiger partial charge in [-0.25, -0.2) is 0 Å². The number of ether oxygens (including phenoxy) is 2. The average molecular weight is 265 g/mol. The van der Waals surface area contributed by atoms with E-state index in [-0.39, 0.29) is 5.84 Å². The van der Waals surface area contributed by atoms with Gasteiger partial charge in [-0.05, 0) is 18.6 Å². The number of nitrogens with two attached hydrogens (primary N) is 1. The van der Waals surface area contributed by atoms with Gasteiger partial charge in [-0.2, -0.15) is 0 Å². The van der Waals surface area contributed by atoms with Crippen LogP contribution in [0.1, 0.15) is 11.1 Å². The van der Waals surface area contributed by atoms with Gasteiger partial charge in [0.25, 0.3) is 0 Å². The number of nitrogens with zero attached hydrogens (tertiary/aromatic N) is 1. The number of hydrogen-bond acceptors (Lipinski definition) is 4. The standard InChI is InChI=1S/C14H23N3O2/c1-11-5-4-6-12(14(15)16)13(11)17(7-9-18-2)8-10-19-3/h4-6H,7-10H2,1-3H3,(H3,15,16). The van der Waals surface area contributed by atoms with Gasteiger partial charge >= 0.3 is 0 Å². The molecule has 0 unspecified atom stereocenters. The van der Waals surface area contributed by atoms with Crippen molar-refractivity contribution in [2.75, 3.05) is 45.4 Å². The summed E-state index contributed by atoms with van der Waals surface area (Å²) in [6, 6.07) is 5.81. The SMILES string of the molecule is COCCN(CCOC)c1c(C)cccc1C(=N)N. The fourth-order valence-electron chi connectivity index (χ4n) is 2.03. The molecule has 5 nitrogen and oxygen atoms in total. The number of methoxy groups -OCH3 is 2. The summed E-state index contributed by atoms with van der Waals surface area (Å²) in [6.45, 7) is 4.75. The van der Waals surface area contributed by atoms with Crippen LogP contribution in [0.4, 0.5) is 5.69 Å². The lowest BCUT2D eigenvalue weighted by Crippen LogP contribution is -2.33. The Morgan fingerprint density at radius 2 is 1.79 bits per heavy atom. The third kappa shape index (κ3) is 4.22. The number of amidine groups is 1. The molecule has 1 aromatic rings. The lowest BCUT2D eigenvalue weighted by molar-refractivity contribution is 0.190. The molecule has 0 saturated carbocycles. The molecule has 0 aliphatic rings. The quantitative estimate of drug-likeness (QED) is 0.550. The molecular weight excluding hydrogens is 242 g/mol. The van der Waals surface area contributed by atoms with E-state index in [4.69, 9.17) is 20.6 Å². The molecular formula is C14H23N3O2. The van der Waals surface area contributed by atoms with E-state index in [0.717, 1.165) is 29.9 Å². The van der Waals surface area contributed by atoms with Crippen LogP contribution in [-0.2, 0) is 9.47 Å². The van der Waals surface area contributed by atoms with E-state index in [0.29, 0.717) is 13.2 Å². The molecule has 5 heteroatoms. The first-order chi connectivity index (χ1) is 9.11. The van der Waals surface area contributed by atoms with E-state index in [1.54, 1.807) is 14.2 Å². The zero-order valence-electron chi connectivity index (χ0n) is 11.9. The van der Waals surface area contributed by atoms with E-state index >= 15 is 0 Å². The van der Waals surface area contributed by atoms with Crippen LogP contribution >= 0.6 is 0 Å². The molecule has 0 heterocycles. The van der Waals surface area contributed by atoms with Gasteiger partial charge in [0, 0.05) is 32.9 Å². The summed E-state index contributed by atoms with van der Waals surface area (Å²) >= 11 is 0. The fourth-order valence-corrected chi connectivity index (χ4v) is 2.03. The third-order valence-corrected chi connectivity index (χ3v) is 2.97. The van der Waals surface area contributed by atoms with Crippen LogP contribution < -0.4 is 10.6 Å². The van der Waals surface area contributed by atoms with Crippen LogP contribution in [0.2, 0.25) is 0 Å². The van der Waals surface area contributed by atoms with E-state index < -0.39 is 0 Å². The van der Waals surface area contributed by atoms with Gasteiger partial charge in [0.1, 0.15) is 5.84 Å². The highest BCUT2D eigenvalue weighted by molar-refractivity contribution is 6.01. The Labute approximate surface area is 114 Å². The van der Waals surface area contributed by atoms with Crippen LogP contribution in [0.5, 0.6) is 0 Å². The smallest absolute Gasteiger partial charge is 0.124 e. The van der Waals surface area contributed by atoms with Crippen molar-refractivity contribution >= 4 is 11.5 Å². The Bertz CT molecular complexity index is 413. The van der Waals surface area contributed by atoms with E-state index in [9.17, 15) is 0 Å². The third-order valence-electron chi connectivity index (χ3n) is 2.97. The van der Waals surface area contributed by atoms with Crippen molar-refractivity contribution in [3.8, 4) is 0 Å². The first kappa shape index (κ1) is 15.5. The normalized spacial score (nSPS) is 10.5. The second kappa shape index (κ2) is 7.76. The molecule has 0 radical (unpaired) electrons. The van der Waals surface area contributed by atoms with Crippen LogP contribution in [0.15, 0.2) is 18.2 Å². The Hall–Kier alpha value is -1.59. The molecule has 0 aromatic heterocycles. The van der Waals surface area contributed by atoms with Crippen LogP contribution in [0, 0.1) is 12.3 Å². The van der Waals surface area contributed by atoms with Crippen molar-refractivity contribution < 1.29 is 9.47 Å². The van der Waals surface area contributed by atoms with Crippen LogP contribution in [0.25, 0.3) is 0 Å². The molecule has 0 atom stereocenters. The van der Waals surface area contributed by atoms with Gasteiger partial charge in [-0.1, -0.05) is 12.1 Å². The van der Waals surface area contributed by atoms with E-state index in [2.05, 4.69) is 4.90 Å². The Morgan fingerprint density at radius 1 is 1.21 bits per heavy atom. The number of para-hydroxylation sites is 1. The molecule has 0 aliphatic carbocycles. The molecule has 3 N–H and O–H groups in total. The summed E-state index contributed by atoms with van der Waals surface area (Å²) in [5.74, 6) is 0.0820. The van der Waals surface area contributed by atoms with Crippen LogP contribution in [0.3, 0.4) is 0 Å². The van der Waals surface area contributed by atoms with Gasteiger partial charge in [0.05, 0.1) is 18.9 Å². The summed E-state index contributed by atoms with van der Waals surface area (Å²) in [6.07, 6.45) is 0. The van der Waals surface area contributed by atoms with Crippen molar-refractivity contribution in [3.05, 3.63) is 29.3 Å². The van der Waals surface area contributed by atoms with Gasteiger partial charge in [0.15, 0.2) is 0 Å². The number of nitrogen functional groups attached to an aromatic ring is 1. The van der Waals surface area contributed by atoms with Crippen molar-refractivity contribution in [2.24, 2.45) is 5.73 Å². The van der Waals surface area contributed by atoms with Crippen molar-refractivity contribution in [3.63, 3.8) is 0 Å². The Morgan fingerprint density at radius 3 is 2.26 bits per heavy atom. The lowest BCUT2D eigenvalue weighted by Gasteiger charge is -2.28. The zero-order valence-corrected chi connectivity index (χ0v) is 11.9. The monoisotopic (exact) mass is 265 g/mol. The molecule has 106 valence electrons. The molecule has 0 aliphatic heterocycles. The summed E-state index contributed by atoms with van der Waals surface area (Å²) in [5, 5.41) is 7.71. The van der Waals surface area contributed by atoms with Gasteiger partial charge in [0.2, 0.25) is 0 Å². The van der Waals surface area contributed by atoms with Crippen molar-refractivity contribution in [2.45, 2.75) is 6.92 Å². The molecule has 0 amide bonds. The molecule has 1 aromatic carbocycles. The Balaban J connectivity index is 3.08. The van der Waals surface area contributed by atoms with E-state index in [1.807, 2.05) is 25.1 Å². The number of nitrogens with one attached hydrogen (secondary N) is 1. The van der Waals surface area contributed by atoms with Gasteiger partial charge < -0.3 is 20.1 Å². The molecule has 1 rings (SSSR count). The topological polar surface area (TPSA) is 71.6 Å². The molecule has 0 bridgehead atoms.